The van der Waals surface area contributed by atoms with E-state index >= 15 is 0 Å². The Morgan fingerprint density at radius 3 is 2.65 bits per heavy atom. The quantitative estimate of drug-likeness (QED) is 0.619. The van der Waals surface area contributed by atoms with Gasteiger partial charge in [-0.1, -0.05) is 12.1 Å². The van der Waals surface area contributed by atoms with Crippen LogP contribution in [0.5, 0.6) is 5.75 Å². The van der Waals surface area contributed by atoms with Gasteiger partial charge in [0.1, 0.15) is 5.75 Å². The predicted molar refractivity (Wildman–Crippen MR) is 93.2 cm³/mol. The van der Waals surface area contributed by atoms with E-state index in [1.54, 1.807) is 12.1 Å². The summed E-state index contributed by atoms with van der Waals surface area (Å²) >= 11 is 0. The topological polar surface area (TPSA) is 152 Å². The summed E-state index contributed by atoms with van der Waals surface area (Å²) in [5.74, 6) is -2.77. The number of nitrogens with two attached hydrogens (primary N) is 1. The fraction of sp³-hybridized carbons (Fsp3) is 0.125. The molecule has 3 amide bonds. The highest BCUT2D eigenvalue weighted by Gasteiger charge is 2.06. The van der Waals surface area contributed by atoms with Crippen LogP contribution in [0, 0.1) is 0 Å². The molecular weight excluding hydrogens is 360 g/mol. The van der Waals surface area contributed by atoms with E-state index in [0.29, 0.717) is 11.1 Å². The minimum absolute atomic E-state index is 0.0620. The Balaban J connectivity index is 2.12. The summed E-state index contributed by atoms with van der Waals surface area (Å²) in [6, 6.07) is 7.86. The molecule has 0 aliphatic carbocycles. The maximum Gasteiger partial charge on any atom is 0.255 e. The van der Waals surface area contributed by atoms with E-state index in [1.165, 1.54) is 30.6 Å². The van der Waals surface area contributed by atoms with Crippen LogP contribution in [-0.4, -0.2) is 40.1 Å². The maximum atomic E-state index is 12.1. The van der Waals surface area contributed by atoms with Gasteiger partial charge < -0.3 is 24.7 Å². The van der Waals surface area contributed by atoms with Crippen LogP contribution >= 0.6 is 0 Å². The monoisotopic (exact) mass is 375 g/mol. The minimum atomic E-state index is -2.11. The number of pyridine rings is 1. The molecule has 0 atom stereocenters. The van der Waals surface area contributed by atoms with Crippen molar-refractivity contribution in [1.82, 2.24) is 10.3 Å². The Labute approximate surface area is 150 Å². The van der Waals surface area contributed by atoms with Crippen molar-refractivity contribution >= 4 is 28.3 Å². The molecule has 0 fully saturated rings. The number of primary amides is 1. The molecule has 1 aromatic heterocycles. The van der Waals surface area contributed by atoms with E-state index in [-0.39, 0.29) is 17.9 Å². The summed E-state index contributed by atoms with van der Waals surface area (Å²) in [4.78, 5) is 38.0. The average Bonchev–Trinajstić information content (AvgIpc) is 2.60. The number of amides is 3. The summed E-state index contributed by atoms with van der Waals surface area (Å²) in [5, 5.41) is 11.7. The Kier molecular flexibility index (Phi) is 6.39. The lowest BCUT2D eigenvalue weighted by molar-refractivity contribution is -0.123. The molecule has 0 aliphatic rings. The van der Waals surface area contributed by atoms with Crippen LogP contribution in [0.3, 0.4) is 0 Å². The summed E-state index contributed by atoms with van der Waals surface area (Å²) in [7, 11) is -2.11. The molecule has 10 heteroatoms. The molecule has 0 radical (unpaired) electrons. The van der Waals surface area contributed by atoms with Gasteiger partial charge in [0.2, 0.25) is 11.8 Å². The summed E-state index contributed by atoms with van der Waals surface area (Å²) < 4.78 is 15.2. The third-order valence-electron chi connectivity index (χ3n) is 3.06. The van der Waals surface area contributed by atoms with Crippen LogP contribution in [0.1, 0.15) is 10.4 Å². The third kappa shape index (κ3) is 5.67. The molecule has 2 aromatic rings. The molecule has 0 spiro atoms. The number of aromatic hydroxyl groups is 1. The van der Waals surface area contributed by atoms with Gasteiger partial charge in [-0.2, -0.15) is 10.6 Å². The number of benzene rings is 1. The molecule has 0 unspecified atom stereocenters. The van der Waals surface area contributed by atoms with E-state index in [4.69, 9.17) is 5.73 Å². The number of aromatic nitrogens is 1. The van der Waals surface area contributed by atoms with E-state index in [1.807, 2.05) is 0 Å². The molecule has 136 valence electrons. The first kappa shape index (κ1) is 19.1. The third-order valence-corrected chi connectivity index (χ3v) is 3.94. The maximum absolute atomic E-state index is 12.1. The number of carbonyl (C=O) groups is 3. The van der Waals surface area contributed by atoms with Crippen molar-refractivity contribution in [3.05, 3.63) is 48.3 Å². The Bertz CT molecular complexity index is 938. The van der Waals surface area contributed by atoms with Crippen LogP contribution in [-0.2, 0) is 24.4 Å². The van der Waals surface area contributed by atoms with Gasteiger partial charge in [0.05, 0.1) is 12.1 Å². The number of nitrogens with zero attached hydrogens (tertiary/aromatic N) is 2. The van der Waals surface area contributed by atoms with Gasteiger partial charge in [0, 0.05) is 18.0 Å². The fourth-order valence-corrected chi connectivity index (χ4v) is 2.61. The van der Waals surface area contributed by atoms with Gasteiger partial charge in [0.25, 0.3) is 5.91 Å². The first-order valence-corrected chi connectivity index (χ1v) is 8.57. The van der Waals surface area contributed by atoms with Crippen molar-refractivity contribution in [2.75, 3.05) is 12.3 Å². The van der Waals surface area contributed by atoms with E-state index < -0.39 is 34.1 Å². The molecule has 0 saturated heterocycles. The first-order chi connectivity index (χ1) is 12.3. The van der Waals surface area contributed by atoms with Crippen LogP contribution in [0.4, 0.5) is 0 Å². The second-order valence-electron chi connectivity index (χ2n) is 5.12. The number of carbonyl (C=O) groups excluding carboxylic acids is 3. The lowest BCUT2D eigenvalue weighted by Gasteiger charge is -2.06. The fourth-order valence-electron chi connectivity index (χ4n) is 1.93. The predicted octanol–water partition coefficient (Wildman–Crippen LogP) is 0.343. The van der Waals surface area contributed by atoms with E-state index in [2.05, 4.69) is 14.7 Å². The van der Waals surface area contributed by atoms with Crippen molar-refractivity contribution in [2.24, 2.45) is 10.1 Å². The van der Waals surface area contributed by atoms with Crippen molar-refractivity contribution in [1.29, 1.82) is 0 Å². The molecule has 9 nitrogen and oxygen atoms in total. The molecule has 0 bridgehead atoms. The normalized spacial score (nSPS) is 11.7. The van der Waals surface area contributed by atoms with Gasteiger partial charge in [-0.25, -0.2) is 0 Å². The van der Waals surface area contributed by atoms with Crippen molar-refractivity contribution in [3.63, 3.8) is 0 Å². The largest absolute Gasteiger partial charge is 0.508 e. The molecule has 2 rings (SSSR count). The smallest absolute Gasteiger partial charge is 0.255 e. The summed E-state index contributed by atoms with van der Waals surface area (Å²) in [6.07, 6.45) is 2.75. The number of nitrogens with one attached hydrogen (secondary N) is 1. The number of phenols is 1. The Morgan fingerprint density at radius 1 is 1.19 bits per heavy atom. The number of hydrogen-bond acceptors (Lipinski definition) is 7. The second kappa shape index (κ2) is 8.72. The highest BCUT2D eigenvalue weighted by atomic mass is 32.2. The average molecular weight is 375 g/mol. The van der Waals surface area contributed by atoms with Crippen LogP contribution in [0.2, 0.25) is 0 Å². The number of phenolic OH excluding ortho intramolecular Hbond substituents is 1. The van der Waals surface area contributed by atoms with Crippen LogP contribution < -0.4 is 11.1 Å². The zero-order chi connectivity index (χ0) is 19.1. The van der Waals surface area contributed by atoms with Gasteiger partial charge in [-0.15, -0.1) is 0 Å². The van der Waals surface area contributed by atoms with Gasteiger partial charge in [0.15, 0.2) is 0 Å². The van der Waals surface area contributed by atoms with E-state index in [9.17, 15) is 23.7 Å². The van der Waals surface area contributed by atoms with Crippen molar-refractivity contribution in [3.8, 4) is 16.9 Å². The summed E-state index contributed by atoms with van der Waals surface area (Å²) in [5.41, 5.74) is 6.15. The number of rotatable bonds is 6. The Morgan fingerprint density at radius 2 is 1.96 bits per heavy atom. The molecule has 4 N–H and O–H groups in total. The van der Waals surface area contributed by atoms with Crippen molar-refractivity contribution in [2.45, 2.75) is 0 Å². The molecule has 26 heavy (non-hydrogen) atoms. The van der Waals surface area contributed by atoms with Crippen LogP contribution in [0.15, 0.2) is 47.1 Å². The zero-order valence-corrected chi connectivity index (χ0v) is 14.2. The van der Waals surface area contributed by atoms with Crippen molar-refractivity contribution < 1.29 is 23.7 Å². The van der Waals surface area contributed by atoms with Gasteiger partial charge >= 0.3 is 0 Å². The van der Waals surface area contributed by atoms with Crippen LogP contribution in [0.25, 0.3) is 11.1 Å². The number of hydrogen-bond donors (Lipinski definition) is 3. The van der Waals surface area contributed by atoms with E-state index in [0.717, 1.165) is 0 Å². The van der Waals surface area contributed by atoms with Gasteiger partial charge in [-0.3, -0.25) is 19.4 Å². The lowest BCUT2D eigenvalue weighted by Crippen LogP contribution is -2.35. The standard InChI is InChI=1S/C16H15N4O5S/c17-14(22)8-19-15(23)9-26(25)20-16(24)12-4-11(6-18-7-12)10-2-1-3-13(21)5-10/h1-7,21H,8-9H2,(H2,17,22)(H,19,23)/q-1. The highest BCUT2D eigenvalue weighted by Crippen LogP contribution is 2.23. The summed E-state index contributed by atoms with van der Waals surface area (Å²) in [6.45, 7) is -0.389. The second-order valence-corrected chi connectivity index (χ2v) is 6.23. The van der Waals surface area contributed by atoms with Gasteiger partial charge in [-0.05, 0) is 29.5 Å². The highest BCUT2D eigenvalue weighted by molar-refractivity contribution is 7.76. The molecular formula is C16H15N4O5S-. The minimum Gasteiger partial charge on any atom is -0.508 e. The Hall–Kier alpha value is -3.27. The first-order valence-electron chi connectivity index (χ1n) is 7.29. The molecule has 0 saturated carbocycles. The lowest BCUT2D eigenvalue weighted by atomic mass is 10.1. The molecule has 0 aliphatic heterocycles. The molecule has 1 aromatic carbocycles. The zero-order valence-electron chi connectivity index (χ0n) is 13.4. The molecule has 1 heterocycles. The SMILES string of the molecule is NC(=O)CNC(=O)C[S-](=O)=NC(=O)c1cncc(-c2cccc(O)c2)c1.